The summed E-state index contributed by atoms with van der Waals surface area (Å²) in [7, 11) is 1.88. The Morgan fingerprint density at radius 1 is 1.54 bits per heavy atom. The SMILES string of the molecule is C=C1Nc2cc(F)c(Br)cc2N1C. The summed E-state index contributed by atoms with van der Waals surface area (Å²) in [6.45, 7) is 3.79. The van der Waals surface area contributed by atoms with Crippen molar-refractivity contribution in [2.75, 3.05) is 17.3 Å². The van der Waals surface area contributed by atoms with E-state index in [1.165, 1.54) is 6.07 Å². The second-order valence-corrected chi connectivity index (χ2v) is 3.77. The number of fused-ring (bicyclic) bond motifs is 1. The van der Waals surface area contributed by atoms with E-state index in [1.54, 1.807) is 6.07 Å². The standard InChI is InChI=1S/C9H8BrFN2/c1-5-12-8-4-7(11)6(10)3-9(8)13(5)2/h3-4,12H,1H2,2H3. The zero-order chi connectivity index (χ0) is 9.59. The number of hydrogen-bond acceptors (Lipinski definition) is 2. The van der Waals surface area contributed by atoms with Gasteiger partial charge in [-0.2, -0.15) is 0 Å². The molecule has 1 aliphatic rings. The fraction of sp³-hybridized carbons (Fsp3) is 0.111. The van der Waals surface area contributed by atoms with Crippen LogP contribution in [0.25, 0.3) is 0 Å². The van der Waals surface area contributed by atoms with E-state index < -0.39 is 0 Å². The first-order chi connectivity index (χ1) is 6.09. The van der Waals surface area contributed by atoms with Gasteiger partial charge in [-0.05, 0) is 22.0 Å². The summed E-state index contributed by atoms with van der Waals surface area (Å²) in [6.07, 6.45) is 0. The summed E-state index contributed by atoms with van der Waals surface area (Å²) in [5.41, 5.74) is 1.69. The lowest BCUT2D eigenvalue weighted by molar-refractivity contribution is 0.622. The lowest BCUT2D eigenvalue weighted by atomic mass is 10.2. The molecule has 2 nitrogen and oxygen atoms in total. The van der Waals surface area contributed by atoms with Gasteiger partial charge in [-0.15, -0.1) is 0 Å². The van der Waals surface area contributed by atoms with Crippen molar-refractivity contribution >= 4 is 27.3 Å². The molecule has 1 aromatic carbocycles. The molecule has 0 bridgehead atoms. The molecule has 1 heterocycles. The summed E-state index contributed by atoms with van der Waals surface area (Å²) < 4.78 is 13.6. The fourth-order valence-corrected chi connectivity index (χ4v) is 1.63. The molecule has 0 aliphatic carbocycles. The number of nitrogens with one attached hydrogen (secondary N) is 1. The molecule has 0 fully saturated rings. The van der Waals surface area contributed by atoms with Crippen molar-refractivity contribution in [3.8, 4) is 0 Å². The van der Waals surface area contributed by atoms with E-state index in [0.717, 1.165) is 17.2 Å². The normalized spacial score (nSPS) is 14.4. The predicted octanol–water partition coefficient (Wildman–Crippen LogP) is 2.92. The van der Waals surface area contributed by atoms with Crippen LogP contribution in [0.15, 0.2) is 29.0 Å². The molecule has 2 rings (SSSR count). The van der Waals surface area contributed by atoms with E-state index in [-0.39, 0.29) is 5.82 Å². The number of halogens is 2. The van der Waals surface area contributed by atoms with E-state index in [1.807, 2.05) is 11.9 Å². The van der Waals surface area contributed by atoms with E-state index >= 15 is 0 Å². The quantitative estimate of drug-likeness (QED) is 0.753. The molecular formula is C9H8BrFN2. The minimum atomic E-state index is -0.269. The molecule has 0 atom stereocenters. The topological polar surface area (TPSA) is 15.3 Å². The summed E-state index contributed by atoms with van der Waals surface area (Å²) in [5, 5.41) is 2.99. The second kappa shape index (κ2) is 2.73. The Balaban J connectivity index is 2.59. The summed E-state index contributed by atoms with van der Waals surface area (Å²) in [4.78, 5) is 1.87. The highest BCUT2D eigenvalue weighted by Gasteiger charge is 2.20. The Bertz CT molecular complexity index is 389. The molecule has 1 aromatic rings. The summed E-state index contributed by atoms with van der Waals surface area (Å²) >= 11 is 3.14. The molecule has 1 aliphatic heterocycles. The van der Waals surface area contributed by atoms with Crippen molar-refractivity contribution in [3.05, 3.63) is 34.8 Å². The molecule has 68 valence electrons. The number of hydrogen-bond donors (Lipinski definition) is 1. The molecule has 0 radical (unpaired) electrons. The van der Waals surface area contributed by atoms with Crippen molar-refractivity contribution in [2.24, 2.45) is 0 Å². The molecule has 0 spiro atoms. The van der Waals surface area contributed by atoms with Crippen molar-refractivity contribution in [3.63, 3.8) is 0 Å². The van der Waals surface area contributed by atoms with Gasteiger partial charge in [-0.1, -0.05) is 6.58 Å². The maximum absolute atomic E-state index is 13.1. The van der Waals surface area contributed by atoms with Crippen LogP contribution in [0, 0.1) is 5.82 Å². The van der Waals surface area contributed by atoms with E-state index in [9.17, 15) is 4.39 Å². The van der Waals surface area contributed by atoms with Crippen LogP contribution in [0.5, 0.6) is 0 Å². The van der Waals surface area contributed by atoms with Crippen LogP contribution in [0.3, 0.4) is 0 Å². The molecule has 1 N–H and O–H groups in total. The van der Waals surface area contributed by atoms with Gasteiger partial charge in [-0.3, -0.25) is 0 Å². The lowest BCUT2D eigenvalue weighted by Crippen LogP contribution is -2.12. The second-order valence-electron chi connectivity index (χ2n) is 2.91. The highest BCUT2D eigenvalue weighted by atomic mass is 79.9. The monoisotopic (exact) mass is 242 g/mol. The molecule has 0 saturated heterocycles. The van der Waals surface area contributed by atoms with Crippen LogP contribution in [-0.4, -0.2) is 7.05 Å². The van der Waals surface area contributed by atoms with Crippen molar-refractivity contribution in [1.29, 1.82) is 0 Å². The molecule has 0 saturated carbocycles. The van der Waals surface area contributed by atoms with Crippen LogP contribution >= 0.6 is 15.9 Å². The van der Waals surface area contributed by atoms with Gasteiger partial charge in [0.05, 0.1) is 15.8 Å². The Labute approximate surface area is 84.2 Å². The molecule has 0 amide bonds. The van der Waals surface area contributed by atoms with Gasteiger partial charge < -0.3 is 10.2 Å². The average Bonchev–Trinajstić information content (AvgIpc) is 2.32. The maximum Gasteiger partial charge on any atom is 0.139 e. The highest BCUT2D eigenvalue weighted by Crippen LogP contribution is 2.37. The fourth-order valence-electron chi connectivity index (χ4n) is 1.30. The first-order valence-electron chi connectivity index (χ1n) is 3.78. The Morgan fingerprint density at radius 3 is 2.92 bits per heavy atom. The minimum absolute atomic E-state index is 0.269. The third kappa shape index (κ3) is 1.21. The van der Waals surface area contributed by atoms with Gasteiger partial charge in [-0.25, -0.2) is 4.39 Å². The molecule has 0 aromatic heterocycles. The van der Waals surface area contributed by atoms with Gasteiger partial charge in [0.15, 0.2) is 0 Å². The van der Waals surface area contributed by atoms with Crippen LogP contribution in [-0.2, 0) is 0 Å². The first-order valence-corrected chi connectivity index (χ1v) is 4.57. The summed E-state index contributed by atoms with van der Waals surface area (Å²) in [6, 6.07) is 3.18. The van der Waals surface area contributed by atoms with Crippen molar-refractivity contribution < 1.29 is 4.39 Å². The Morgan fingerprint density at radius 2 is 2.23 bits per heavy atom. The average molecular weight is 243 g/mol. The smallest absolute Gasteiger partial charge is 0.139 e. The molecule has 13 heavy (non-hydrogen) atoms. The lowest BCUT2D eigenvalue weighted by Gasteiger charge is -2.11. The van der Waals surface area contributed by atoms with Gasteiger partial charge in [0.2, 0.25) is 0 Å². The minimum Gasteiger partial charge on any atom is -0.340 e. The van der Waals surface area contributed by atoms with Crippen LogP contribution in [0.2, 0.25) is 0 Å². The van der Waals surface area contributed by atoms with Crippen LogP contribution in [0.1, 0.15) is 0 Å². The number of nitrogens with zero attached hydrogens (tertiary/aromatic N) is 1. The maximum atomic E-state index is 13.1. The van der Waals surface area contributed by atoms with Gasteiger partial charge in [0.25, 0.3) is 0 Å². The zero-order valence-corrected chi connectivity index (χ0v) is 8.65. The van der Waals surface area contributed by atoms with Crippen molar-refractivity contribution in [1.82, 2.24) is 0 Å². The highest BCUT2D eigenvalue weighted by molar-refractivity contribution is 9.10. The third-order valence-electron chi connectivity index (χ3n) is 2.08. The van der Waals surface area contributed by atoms with Crippen LogP contribution in [0.4, 0.5) is 15.8 Å². The summed E-state index contributed by atoms with van der Waals surface area (Å²) in [5.74, 6) is 0.488. The molecule has 4 heteroatoms. The van der Waals surface area contributed by atoms with E-state index in [4.69, 9.17) is 0 Å². The van der Waals surface area contributed by atoms with Crippen LogP contribution < -0.4 is 10.2 Å². The van der Waals surface area contributed by atoms with Gasteiger partial charge >= 0.3 is 0 Å². The number of anilines is 2. The number of benzene rings is 1. The van der Waals surface area contributed by atoms with Crippen molar-refractivity contribution in [2.45, 2.75) is 0 Å². The largest absolute Gasteiger partial charge is 0.340 e. The number of rotatable bonds is 0. The van der Waals surface area contributed by atoms with Gasteiger partial charge in [0, 0.05) is 13.1 Å². The predicted molar refractivity (Wildman–Crippen MR) is 55.3 cm³/mol. The van der Waals surface area contributed by atoms with Gasteiger partial charge in [0.1, 0.15) is 11.6 Å². The zero-order valence-electron chi connectivity index (χ0n) is 7.06. The Kier molecular flexibility index (Phi) is 1.80. The molecule has 0 unspecified atom stereocenters. The molecular weight excluding hydrogens is 235 g/mol. The van der Waals surface area contributed by atoms with E-state index in [2.05, 4.69) is 27.8 Å². The first kappa shape index (κ1) is 8.56. The Hall–Kier alpha value is -1.03. The third-order valence-corrected chi connectivity index (χ3v) is 2.69. The van der Waals surface area contributed by atoms with E-state index in [0.29, 0.717) is 4.47 Å².